The Hall–Kier alpha value is -0.950. The van der Waals surface area contributed by atoms with Gasteiger partial charge in [-0.3, -0.25) is 15.0 Å². The first-order chi connectivity index (χ1) is 10.0. The number of fused-ring (bicyclic) bond motifs is 1. The second-order valence-electron chi connectivity index (χ2n) is 5.29. The minimum Gasteiger partial charge on any atom is -0.297 e. The molecule has 0 saturated carbocycles. The molecule has 0 saturated heterocycles. The zero-order chi connectivity index (χ0) is 15.0. The molecule has 3 heterocycles. The summed E-state index contributed by atoms with van der Waals surface area (Å²) < 4.78 is 0. The number of carbonyl (C=O) groups excluding carboxylic acids is 1. The molecule has 0 aliphatic carbocycles. The van der Waals surface area contributed by atoms with E-state index in [1.54, 1.807) is 22.8 Å². The molecule has 0 aromatic carbocycles. The summed E-state index contributed by atoms with van der Waals surface area (Å²) in [5, 5.41) is 5.90. The molecule has 21 heavy (non-hydrogen) atoms. The quantitative estimate of drug-likeness (QED) is 0.921. The monoisotopic (exact) mass is 341 g/mol. The van der Waals surface area contributed by atoms with Crippen molar-refractivity contribution < 1.29 is 4.79 Å². The van der Waals surface area contributed by atoms with E-state index in [2.05, 4.69) is 29.0 Å². The zero-order valence-corrected chi connectivity index (χ0v) is 14.2. The number of aromatic nitrogens is 1. The number of halogens is 1. The number of nitrogens with one attached hydrogen (secondary N) is 1. The molecule has 1 amide bonds. The Morgan fingerprint density at radius 1 is 1.52 bits per heavy atom. The number of anilines is 1. The molecule has 1 aliphatic rings. The van der Waals surface area contributed by atoms with Gasteiger partial charge in [0, 0.05) is 35.8 Å². The Morgan fingerprint density at radius 2 is 2.33 bits per heavy atom. The summed E-state index contributed by atoms with van der Waals surface area (Å²) in [7, 11) is 0. The lowest BCUT2D eigenvalue weighted by molar-refractivity contribution is 0.103. The standard InChI is InChI=1S/C14H16ClN3OS2/c1-8(2)18-4-3-10-12(6-18)21-14(16-10)17-13(19)11-5-9(15)7-20-11/h5,7-8H,3-4,6H2,1-2H3,(H,16,17,19). The van der Waals surface area contributed by atoms with Gasteiger partial charge < -0.3 is 0 Å². The number of hydrogen-bond donors (Lipinski definition) is 1. The average molecular weight is 342 g/mol. The van der Waals surface area contributed by atoms with Gasteiger partial charge in [0.2, 0.25) is 0 Å². The molecule has 0 atom stereocenters. The first-order valence-corrected chi connectivity index (χ1v) is 8.88. The van der Waals surface area contributed by atoms with E-state index >= 15 is 0 Å². The fourth-order valence-corrected chi connectivity index (χ4v) is 4.30. The number of amides is 1. The van der Waals surface area contributed by atoms with E-state index in [-0.39, 0.29) is 5.91 Å². The van der Waals surface area contributed by atoms with Crippen LogP contribution in [0.25, 0.3) is 0 Å². The second kappa shape index (κ2) is 6.04. The first kappa shape index (κ1) is 15.0. The maximum atomic E-state index is 12.1. The van der Waals surface area contributed by atoms with E-state index in [4.69, 9.17) is 11.6 Å². The number of nitrogens with zero attached hydrogens (tertiary/aromatic N) is 2. The average Bonchev–Trinajstić information content (AvgIpc) is 3.03. The van der Waals surface area contributed by atoms with Gasteiger partial charge >= 0.3 is 0 Å². The summed E-state index contributed by atoms with van der Waals surface area (Å²) >= 11 is 8.76. The third kappa shape index (κ3) is 3.29. The Bertz CT molecular complexity index is 665. The van der Waals surface area contributed by atoms with Crippen LogP contribution in [0.5, 0.6) is 0 Å². The van der Waals surface area contributed by atoms with Gasteiger partial charge in [-0.15, -0.1) is 22.7 Å². The maximum absolute atomic E-state index is 12.1. The molecule has 2 aromatic rings. The van der Waals surface area contributed by atoms with Gasteiger partial charge in [-0.1, -0.05) is 11.6 Å². The summed E-state index contributed by atoms with van der Waals surface area (Å²) in [6.45, 7) is 6.36. The van der Waals surface area contributed by atoms with Crippen molar-refractivity contribution in [2.45, 2.75) is 32.9 Å². The number of thiophene rings is 1. The van der Waals surface area contributed by atoms with Crippen LogP contribution in [0.4, 0.5) is 5.13 Å². The fourth-order valence-electron chi connectivity index (χ4n) is 2.30. The van der Waals surface area contributed by atoms with Crippen LogP contribution in [0.1, 0.15) is 34.1 Å². The molecule has 0 spiro atoms. The van der Waals surface area contributed by atoms with Crippen LogP contribution >= 0.6 is 34.3 Å². The SMILES string of the molecule is CC(C)N1CCc2nc(NC(=O)c3cc(Cl)cs3)sc2C1. The summed E-state index contributed by atoms with van der Waals surface area (Å²) in [4.78, 5) is 20.9. The van der Waals surface area contributed by atoms with Gasteiger partial charge in [0.25, 0.3) is 5.91 Å². The van der Waals surface area contributed by atoms with Gasteiger partial charge in [0.15, 0.2) is 5.13 Å². The highest BCUT2D eigenvalue weighted by Gasteiger charge is 2.23. The van der Waals surface area contributed by atoms with E-state index in [9.17, 15) is 4.79 Å². The lowest BCUT2D eigenvalue weighted by atomic mass is 10.1. The number of thiazole rings is 1. The van der Waals surface area contributed by atoms with Gasteiger partial charge in [-0.05, 0) is 19.9 Å². The molecule has 3 rings (SSSR count). The van der Waals surface area contributed by atoms with Crippen molar-refractivity contribution in [3.8, 4) is 0 Å². The molecule has 7 heteroatoms. The van der Waals surface area contributed by atoms with Crippen molar-refractivity contribution in [1.82, 2.24) is 9.88 Å². The molecule has 0 unspecified atom stereocenters. The molecule has 0 fully saturated rings. The van der Waals surface area contributed by atoms with Gasteiger partial charge in [-0.25, -0.2) is 4.98 Å². The number of rotatable bonds is 3. The van der Waals surface area contributed by atoms with Crippen LogP contribution in [0, 0.1) is 0 Å². The van der Waals surface area contributed by atoms with E-state index in [1.807, 2.05) is 0 Å². The smallest absolute Gasteiger partial charge is 0.267 e. The molecule has 0 radical (unpaired) electrons. The third-order valence-electron chi connectivity index (χ3n) is 3.50. The predicted molar refractivity (Wildman–Crippen MR) is 88.6 cm³/mol. The summed E-state index contributed by atoms with van der Waals surface area (Å²) in [6.07, 6.45) is 0.949. The third-order valence-corrected chi connectivity index (χ3v) is 5.78. The number of carbonyl (C=O) groups is 1. The lowest BCUT2D eigenvalue weighted by Gasteiger charge is -2.29. The van der Waals surface area contributed by atoms with Crippen LogP contribution in [0.3, 0.4) is 0 Å². The minimum absolute atomic E-state index is 0.140. The van der Waals surface area contributed by atoms with Gasteiger partial charge in [0.05, 0.1) is 15.6 Å². The number of hydrogen-bond acceptors (Lipinski definition) is 5. The highest BCUT2D eigenvalue weighted by molar-refractivity contribution is 7.16. The molecule has 4 nitrogen and oxygen atoms in total. The minimum atomic E-state index is -0.140. The summed E-state index contributed by atoms with van der Waals surface area (Å²) in [5.41, 5.74) is 1.12. The van der Waals surface area contributed by atoms with Gasteiger partial charge in [-0.2, -0.15) is 0 Å². The maximum Gasteiger partial charge on any atom is 0.267 e. The molecule has 2 aromatic heterocycles. The Labute approximate surface area is 136 Å². The molecule has 0 bridgehead atoms. The van der Waals surface area contributed by atoms with Crippen LogP contribution in [-0.2, 0) is 13.0 Å². The van der Waals surface area contributed by atoms with E-state index in [1.165, 1.54) is 16.2 Å². The van der Waals surface area contributed by atoms with E-state index < -0.39 is 0 Å². The Balaban J connectivity index is 1.72. The Morgan fingerprint density at radius 3 is 3.00 bits per heavy atom. The van der Waals surface area contributed by atoms with E-state index in [0.29, 0.717) is 21.1 Å². The molecule has 112 valence electrons. The molecular formula is C14H16ClN3OS2. The van der Waals surface area contributed by atoms with Crippen molar-refractivity contribution in [3.05, 3.63) is 31.9 Å². The molecule has 1 aliphatic heterocycles. The van der Waals surface area contributed by atoms with Crippen LogP contribution in [0.15, 0.2) is 11.4 Å². The second-order valence-corrected chi connectivity index (χ2v) is 7.72. The van der Waals surface area contributed by atoms with Gasteiger partial charge in [0.1, 0.15) is 0 Å². The van der Waals surface area contributed by atoms with Crippen molar-refractivity contribution >= 4 is 45.3 Å². The summed E-state index contributed by atoms with van der Waals surface area (Å²) in [6, 6.07) is 2.21. The first-order valence-electron chi connectivity index (χ1n) is 6.81. The van der Waals surface area contributed by atoms with Crippen molar-refractivity contribution in [2.24, 2.45) is 0 Å². The fraction of sp³-hybridized carbons (Fsp3) is 0.429. The molecular weight excluding hydrogens is 326 g/mol. The molecule has 1 N–H and O–H groups in total. The normalized spacial score (nSPS) is 15.2. The van der Waals surface area contributed by atoms with Crippen molar-refractivity contribution in [1.29, 1.82) is 0 Å². The van der Waals surface area contributed by atoms with Crippen LogP contribution < -0.4 is 5.32 Å². The van der Waals surface area contributed by atoms with Crippen LogP contribution in [0.2, 0.25) is 5.02 Å². The Kier molecular flexibility index (Phi) is 4.31. The predicted octanol–water partition coefficient (Wildman–Crippen LogP) is 3.88. The van der Waals surface area contributed by atoms with Crippen molar-refractivity contribution in [2.75, 3.05) is 11.9 Å². The largest absolute Gasteiger partial charge is 0.297 e. The summed E-state index contributed by atoms with van der Waals surface area (Å²) in [5.74, 6) is -0.140. The van der Waals surface area contributed by atoms with Crippen molar-refractivity contribution in [3.63, 3.8) is 0 Å². The highest BCUT2D eigenvalue weighted by atomic mass is 35.5. The topological polar surface area (TPSA) is 45.2 Å². The highest BCUT2D eigenvalue weighted by Crippen LogP contribution is 2.30. The zero-order valence-electron chi connectivity index (χ0n) is 11.9. The lowest BCUT2D eigenvalue weighted by Crippen LogP contribution is -2.35. The van der Waals surface area contributed by atoms with E-state index in [0.717, 1.165) is 25.2 Å². The van der Waals surface area contributed by atoms with Crippen LogP contribution in [-0.4, -0.2) is 28.4 Å².